The summed E-state index contributed by atoms with van der Waals surface area (Å²) in [6.07, 6.45) is 10.9. The second kappa shape index (κ2) is 6.09. The van der Waals surface area contributed by atoms with Crippen LogP contribution in [0.15, 0.2) is 0 Å². The summed E-state index contributed by atoms with van der Waals surface area (Å²) in [5.41, 5.74) is 0.0756. The van der Waals surface area contributed by atoms with Gasteiger partial charge in [-0.3, -0.25) is 0 Å². The third-order valence-electron chi connectivity index (χ3n) is 4.99. The maximum atomic E-state index is 6.65. The highest BCUT2D eigenvalue weighted by Crippen LogP contribution is 2.45. The molecule has 0 aliphatic carbocycles. The lowest BCUT2D eigenvalue weighted by Crippen LogP contribution is -2.48. The first-order chi connectivity index (χ1) is 8.16. The van der Waals surface area contributed by atoms with Crippen molar-refractivity contribution in [3.63, 3.8) is 0 Å². The minimum Gasteiger partial charge on any atom is -0.412 e. The van der Waals surface area contributed by atoms with E-state index in [-0.39, 0.29) is 5.60 Å². The first-order valence-electron chi connectivity index (χ1n) is 7.87. The quantitative estimate of drug-likeness (QED) is 0.498. The van der Waals surface area contributed by atoms with Crippen molar-refractivity contribution in [1.82, 2.24) is 0 Å². The average molecular weight is 271 g/mol. The van der Waals surface area contributed by atoms with Crippen molar-refractivity contribution in [3.8, 4) is 0 Å². The molecule has 0 spiro atoms. The van der Waals surface area contributed by atoms with Crippen LogP contribution in [0.1, 0.15) is 79.1 Å². The van der Waals surface area contributed by atoms with Crippen LogP contribution in [0.4, 0.5) is 0 Å². The molecule has 0 aromatic rings. The molecule has 0 N–H and O–H groups in total. The molecule has 0 amide bonds. The van der Waals surface area contributed by atoms with Gasteiger partial charge in [0, 0.05) is 0 Å². The van der Waals surface area contributed by atoms with Gasteiger partial charge < -0.3 is 4.43 Å². The van der Waals surface area contributed by atoms with Gasteiger partial charge in [0.15, 0.2) is 8.32 Å². The largest absolute Gasteiger partial charge is 0.412 e. The summed E-state index contributed by atoms with van der Waals surface area (Å²) >= 11 is 0. The highest BCUT2D eigenvalue weighted by molar-refractivity contribution is 6.74. The molecule has 2 heteroatoms. The molecule has 0 saturated carbocycles. The highest BCUT2D eigenvalue weighted by atomic mass is 28.4. The molecular formula is C16H34OSi. The van der Waals surface area contributed by atoms with Gasteiger partial charge in [0.1, 0.15) is 0 Å². The highest BCUT2D eigenvalue weighted by Gasteiger charge is 2.43. The summed E-state index contributed by atoms with van der Waals surface area (Å²) in [7, 11) is -1.63. The molecule has 1 heterocycles. The Labute approximate surface area is 116 Å². The van der Waals surface area contributed by atoms with E-state index in [1.165, 1.54) is 51.4 Å². The van der Waals surface area contributed by atoms with Crippen molar-refractivity contribution in [3.05, 3.63) is 0 Å². The second-order valence-corrected chi connectivity index (χ2v) is 12.5. The smallest absolute Gasteiger partial charge is 0.193 e. The molecule has 0 atom stereocenters. The Balaban J connectivity index is 2.78. The van der Waals surface area contributed by atoms with Crippen molar-refractivity contribution in [2.24, 2.45) is 0 Å². The molecule has 0 aromatic carbocycles. The van der Waals surface area contributed by atoms with Gasteiger partial charge in [-0.15, -0.1) is 0 Å². The van der Waals surface area contributed by atoms with Crippen molar-refractivity contribution in [2.75, 3.05) is 0 Å². The van der Waals surface area contributed by atoms with Gasteiger partial charge in [0.05, 0.1) is 5.60 Å². The van der Waals surface area contributed by atoms with Gasteiger partial charge in [-0.2, -0.15) is 0 Å². The minimum absolute atomic E-state index is 0.0756. The fraction of sp³-hybridized carbons (Fsp3) is 1.00. The van der Waals surface area contributed by atoms with Gasteiger partial charge in [-0.1, -0.05) is 52.4 Å². The monoisotopic (exact) mass is 270 g/mol. The zero-order valence-electron chi connectivity index (χ0n) is 13.6. The van der Waals surface area contributed by atoms with Crippen LogP contribution in [-0.2, 0) is 4.43 Å². The van der Waals surface area contributed by atoms with Crippen LogP contribution in [0.25, 0.3) is 0 Å². The van der Waals surface area contributed by atoms with E-state index in [0.29, 0.717) is 5.04 Å². The molecule has 108 valence electrons. The lowest BCUT2D eigenvalue weighted by atomic mass is 9.98. The Bertz CT molecular complexity index is 256. The van der Waals surface area contributed by atoms with E-state index >= 15 is 0 Å². The molecule has 1 saturated heterocycles. The van der Waals surface area contributed by atoms with Crippen LogP contribution in [0.5, 0.6) is 0 Å². The molecule has 18 heavy (non-hydrogen) atoms. The zero-order valence-corrected chi connectivity index (χ0v) is 14.6. The summed E-state index contributed by atoms with van der Waals surface area (Å²) in [5, 5.41) is 0.392. The Morgan fingerprint density at radius 1 is 0.722 bits per heavy atom. The lowest BCUT2D eigenvalue weighted by molar-refractivity contribution is 0.0769. The van der Waals surface area contributed by atoms with Gasteiger partial charge in [-0.05, 0) is 44.8 Å². The van der Waals surface area contributed by atoms with E-state index < -0.39 is 8.32 Å². The van der Waals surface area contributed by atoms with E-state index in [4.69, 9.17) is 4.43 Å². The van der Waals surface area contributed by atoms with Crippen molar-refractivity contribution >= 4 is 8.32 Å². The van der Waals surface area contributed by atoms with Crippen LogP contribution in [0, 0.1) is 0 Å². The standard InChI is InChI=1S/C16H34OSi/c1-15(2)13-11-9-7-8-10-12-14-16(3,4)18(5,6)17-15/h7-14H2,1-6H3. The van der Waals surface area contributed by atoms with E-state index in [1.807, 2.05) is 0 Å². The lowest BCUT2D eigenvalue weighted by Gasteiger charge is -2.45. The van der Waals surface area contributed by atoms with Crippen molar-refractivity contribution < 1.29 is 4.43 Å². The van der Waals surface area contributed by atoms with Gasteiger partial charge in [-0.25, -0.2) is 0 Å². The van der Waals surface area contributed by atoms with Crippen LogP contribution in [0.2, 0.25) is 18.1 Å². The van der Waals surface area contributed by atoms with Crippen molar-refractivity contribution in [1.29, 1.82) is 0 Å². The van der Waals surface area contributed by atoms with Gasteiger partial charge in [0.25, 0.3) is 0 Å². The Morgan fingerprint density at radius 2 is 1.17 bits per heavy atom. The van der Waals surface area contributed by atoms with Crippen LogP contribution in [-0.4, -0.2) is 13.9 Å². The average Bonchev–Trinajstić information content (AvgIpc) is 2.18. The molecule has 1 aliphatic rings. The SMILES string of the molecule is CC1(C)CCCCCCCCC(C)(C)[Si](C)(C)O1. The topological polar surface area (TPSA) is 9.23 Å². The molecule has 1 nitrogen and oxygen atoms in total. The molecular weight excluding hydrogens is 236 g/mol. The molecule has 1 rings (SSSR count). The van der Waals surface area contributed by atoms with Crippen LogP contribution < -0.4 is 0 Å². The first kappa shape index (κ1) is 16.2. The van der Waals surface area contributed by atoms with Gasteiger partial charge in [0.2, 0.25) is 0 Å². The summed E-state index contributed by atoms with van der Waals surface area (Å²) < 4.78 is 6.65. The fourth-order valence-corrected chi connectivity index (χ4v) is 5.54. The third-order valence-corrected chi connectivity index (χ3v) is 9.56. The molecule has 0 bridgehead atoms. The third kappa shape index (κ3) is 4.69. The summed E-state index contributed by atoms with van der Waals surface area (Å²) in [6, 6.07) is 0. The zero-order chi connectivity index (χ0) is 13.9. The summed E-state index contributed by atoms with van der Waals surface area (Å²) in [4.78, 5) is 0. The van der Waals surface area contributed by atoms with E-state index in [0.717, 1.165) is 0 Å². The normalized spacial score (nSPS) is 29.0. The molecule has 1 aliphatic heterocycles. The molecule has 0 radical (unpaired) electrons. The Kier molecular flexibility index (Phi) is 5.49. The number of hydrogen-bond acceptors (Lipinski definition) is 1. The maximum absolute atomic E-state index is 6.65. The maximum Gasteiger partial charge on any atom is 0.193 e. The fourth-order valence-electron chi connectivity index (χ4n) is 3.01. The Hall–Kier alpha value is 0.177. The van der Waals surface area contributed by atoms with Gasteiger partial charge >= 0.3 is 0 Å². The summed E-state index contributed by atoms with van der Waals surface area (Å²) in [6.45, 7) is 14.3. The van der Waals surface area contributed by atoms with E-state index in [1.54, 1.807) is 0 Å². The predicted molar refractivity (Wildman–Crippen MR) is 83.6 cm³/mol. The van der Waals surface area contributed by atoms with Crippen molar-refractivity contribution in [2.45, 2.75) is 103 Å². The molecule has 1 fully saturated rings. The van der Waals surface area contributed by atoms with Crippen LogP contribution >= 0.6 is 0 Å². The van der Waals surface area contributed by atoms with E-state index in [2.05, 4.69) is 40.8 Å². The number of hydrogen-bond donors (Lipinski definition) is 0. The van der Waals surface area contributed by atoms with Crippen LogP contribution in [0.3, 0.4) is 0 Å². The molecule has 0 aromatic heterocycles. The first-order valence-corrected chi connectivity index (χ1v) is 10.8. The summed E-state index contributed by atoms with van der Waals surface area (Å²) in [5.74, 6) is 0. The molecule has 0 unspecified atom stereocenters. The Morgan fingerprint density at radius 3 is 1.72 bits per heavy atom. The minimum atomic E-state index is -1.63. The predicted octanol–water partition coefficient (Wildman–Crippen LogP) is 5.90. The van der Waals surface area contributed by atoms with E-state index in [9.17, 15) is 0 Å². The number of rotatable bonds is 0. The second-order valence-electron chi connectivity index (χ2n) is 7.88.